The molecule has 0 unspecified atom stereocenters. The Morgan fingerprint density at radius 2 is 1.71 bits per heavy atom. The number of nitrogens with zero attached hydrogens (tertiary/aromatic N) is 5. The molecule has 0 saturated carbocycles. The molecule has 0 aliphatic rings. The molecule has 4 heterocycles. The van der Waals surface area contributed by atoms with Gasteiger partial charge in [0.25, 0.3) is 0 Å². The maximum absolute atomic E-state index is 13.4. The Morgan fingerprint density at radius 1 is 0.857 bits per heavy atom. The van der Waals surface area contributed by atoms with Crippen molar-refractivity contribution in [1.29, 1.82) is 0 Å². The average molecular weight is 464 g/mol. The van der Waals surface area contributed by atoms with Gasteiger partial charge in [-0.15, -0.1) is 0 Å². The zero-order valence-electron chi connectivity index (χ0n) is 19.2. The Hall–Kier alpha value is -4.43. The molecule has 2 aromatic carbocycles. The minimum Gasteiger partial charge on any atom is -0.336 e. The SMILES string of the molecule is CN(C)Cc1cncc(-c2ccc3[nH]nc(-c4nc5c(-c6ccc(F)cc6)cccc5[nH]4)c3n2)c1. The van der Waals surface area contributed by atoms with E-state index in [4.69, 9.17) is 9.97 Å². The second-order valence-electron chi connectivity index (χ2n) is 8.78. The number of rotatable bonds is 5. The quantitative estimate of drug-likeness (QED) is 0.356. The normalized spacial score (nSPS) is 11.7. The molecule has 172 valence electrons. The Balaban J connectivity index is 1.44. The number of nitrogens with one attached hydrogen (secondary N) is 2. The van der Waals surface area contributed by atoms with Crippen molar-refractivity contribution in [3.63, 3.8) is 0 Å². The first-order valence-corrected chi connectivity index (χ1v) is 11.2. The Kier molecular flexibility index (Phi) is 5.08. The predicted molar refractivity (Wildman–Crippen MR) is 135 cm³/mol. The summed E-state index contributed by atoms with van der Waals surface area (Å²) in [6, 6.07) is 18.4. The van der Waals surface area contributed by atoms with Gasteiger partial charge in [-0.3, -0.25) is 10.1 Å². The molecule has 6 rings (SSSR count). The van der Waals surface area contributed by atoms with Crippen LogP contribution >= 0.6 is 0 Å². The number of pyridine rings is 2. The van der Waals surface area contributed by atoms with E-state index in [1.165, 1.54) is 12.1 Å². The van der Waals surface area contributed by atoms with Gasteiger partial charge >= 0.3 is 0 Å². The molecule has 2 N–H and O–H groups in total. The van der Waals surface area contributed by atoms with E-state index in [1.54, 1.807) is 12.1 Å². The number of halogens is 1. The Labute approximate surface area is 200 Å². The summed E-state index contributed by atoms with van der Waals surface area (Å²) in [4.78, 5) is 19.7. The summed E-state index contributed by atoms with van der Waals surface area (Å²) >= 11 is 0. The van der Waals surface area contributed by atoms with Crippen molar-refractivity contribution < 1.29 is 4.39 Å². The zero-order valence-corrected chi connectivity index (χ0v) is 19.2. The lowest BCUT2D eigenvalue weighted by molar-refractivity contribution is 0.402. The predicted octanol–water partition coefficient (Wildman–Crippen LogP) is 5.43. The molecule has 0 amide bonds. The summed E-state index contributed by atoms with van der Waals surface area (Å²) in [6.07, 6.45) is 3.70. The van der Waals surface area contributed by atoms with E-state index in [9.17, 15) is 4.39 Å². The fourth-order valence-corrected chi connectivity index (χ4v) is 4.31. The molecule has 0 atom stereocenters. The number of benzene rings is 2. The van der Waals surface area contributed by atoms with E-state index >= 15 is 0 Å². The lowest BCUT2D eigenvalue weighted by atomic mass is 10.0. The van der Waals surface area contributed by atoms with Crippen LogP contribution in [0.3, 0.4) is 0 Å². The fraction of sp³-hybridized carbons (Fsp3) is 0.111. The van der Waals surface area contributed by atoms with Crippen molar-refractivity contribution in [3.05, 3.63) is 84.4 Å². The first-order chi connectivity index (χ1) is 17.0. The smallest absolute Gasteiger partial charge is 0.161 e. The van der Waals surface area contributed by atoms with Crippen LogP contribution in [0.4, 0.5) is 4.39 Å². The van der Waals surface area contributed by atoms with E-state index in [0.29, 0.717) is 11.5 Å². The minimum atomic E-state index is -0.268. The maximum Gasteiger partial charge on any atom is 0.161 e. The van der Waals surface area contributed by atoms with Crippen LogP contribution in [0, 0.1) is 5.82 Å². The van der Waals surface area contributed by atoms with Crippen LogP contribution < -0.4 is 0 Å². The molecule has 35 heavy (non-hydrogen) atoms. The highest BCUT2D eigenvalue weighted by Gasteiger charge is 2.17. The number of fused-ring (bicyclic) bond motifs is 2. The van der Waals surface area contributed by atoms with E-state index < -0.39 is 0 Å². The fourth-order valence-electron chi connectivity index (χ4n) is 4.31. The van der Waals surface area contributed by atoms with Gasteiger partial charge in [0, 0.05) is 30.1 Å². The van der Waals surface area contributed by atoms with Gasteiger partial charge in [0.15, 0.2) is 11.5 Å². The van der Waals surface area contributed by atoms with Crippen molar-refractivity contribution in [2.45, 2.75) is 6.54 Å². The van der Waals surface area contributed by atoms with Gasteiger partial charge in [-0.2, -0.15) is 5.10 Å². The molecular weight excluding hydrogens is 441 g/mol. The van der Waals surface area contributed by atoms with Crippen LogP contribution in [0.2, 0.25) is 0 Å². The molecule has 6 aromatic rings. The molecule has 0 spiro atoms. The first kappa shape index (κ1) is 21.1. The number of para-hydroxylation sites is 1. The first-order valence-electron chi connectivity index (χ1n) is 11.2. The number of aromatic amines is 2. The van der Waals surface area contributed by atoms with Gasteiger partial charge in [0.2, 0.25) is 0 Å². The third-order valence-corrected chi connectivity index (χ3v) is 5.89. The molecule has 7 nitrogen and oxygen atoms in total. The lowest BCUT2D eigenvalue weighted by Gasteiger charge is -2.10. The lowest BCUT2D eigenvalue weighted by Crippen LogP contribution is -2.10. The summed E-state index contributed by atoms with van der Waals surface area (Å²) in [5.41, 5.74) is 8.54. The van der Waals surface area contributed by atoms with Gasteiger partial charge in [-0.1, -0.05) is 24.3 Å². The minimum absolute atomic E-state index is 0.268. The monoisotopic (exact) mass is 463 g/mol. The molecule has 0 radical (unpaired) electrons. The molecule has 8 heteroatoms. The number of hydrogen-bond donors (Lipinski definition) is 2. The van der Waals surface area contributed by atoms with Gasteiger partial charge in [-0.05, 0) is 61.6 Å². The summed E-state index contributed by atoms with van der Waals surface area (Å²) in [6.45, 7) is 0.801. The Bertz CT molecular complexity index is 1670. The third kappa shape index (κ3) is 3.94. The summed E-state index contributed by atoms with van der Waals surface area (Å²) in [5.74, 6) is 0.348. The van der Waals surface area contributed by atoms with Gasteiger partial charge in [0.05, 0.1) is 22.2 Å². The van der Waals surface area contributed by atoms with Crippen LogP contribution in [0.15, 0.2) is 73.1 Å². The van der Waals surface area contributed by atoms with Crippen LogP contribution in [0.25, 0.3) is 56.0 Å². The second-order valence-corrected chi connectivity index (χ2v) is 8.78. The molecular formula is C27H22FN7. The summed E-state index contributed by atoms with van der Waals surface area (Å²) in [5, 5.41) is 7.58. The van der Waals surface area contributed by atoms with Crippen LogP contribution in [-0.4, -0.2) is 49.1 Å². The maximum atomic E-state index is 13.4. The van der Waals surface area contributed by atoms with Crippen molar-refractivity contribution in [3.8, 4) is 33.9 Å². The number of imidazole rings is 1. The molecule has 0 bridgehead atoms. The zero-order chi connectivity index (χ0) is 23.9. The van der Waals surface area contributed by atoms with E-state index in [0.717, 1.165) is 56.6 Å². The molecule has 0 aliphatic heterocycles. The summed E-state index contributed by atoms with van der Waals surface area (Å²) < 4.78 is 13.4. The summed E-state index contributed by atoms with van der Waals surface area (Å²) in [7, 11) is 4.06. The van der Waals surface area contributed by atoms with Crippen LogP contribution in [-0.2, 0) is 6.54 Å². The highest BCUT2D eigenvalue weighted by atomic mass is 19.1. The highest BCUT2D eigenvalue weighted by molar-refractivity contribution is 5.96. The van der Waals surface area contributed by atoms with Gasteiger partial charge in [-0.25, -0.2) is 14.4 Å². The molecule has 4 aromatic heterocycles. The largest absolute Gasteiger partial charge is 0.336 e. The molecule has 0 saturated heterocycles. The number of H-pyrrole nitrogens is 2. The van der Waals surface area contributed by atoms with E-state index in [1.807, 2.05) is 56.8 Å². The third-order valence-electron chi connectivity index (χ3n) is 5.89. The molecule has 0 aliphatic carbocycles. The number of hydrogen-bond acceptors (Lipinski definition) is 5. The average Bonchev–Trinajstić information content (AvgIpc) is 3.48. The van der Waals surface area contributed by atoms with Gasteiger partial charge < -0.3 is 9.88 Å². The van der Waals surface area contributed by atoms with Crippen LogP contribution in [0.5, 0.6) is 0 Å². The standard InChI is InChI=1S/C27H22FN7/c1-35(2)15-16-12-18(14-29-13-16)21-10-11-23-25(30-21)26(34-33-23)27-31-22-5-3-4-20(24(22)32-27)17-6-8-19(28)9-7-17/h3-14H,15H2,1-2H3,(H,31,32)(H,33,34). The van der Waals surface area contributed by atoms with E-state index in [2.05, 4.69) is 31.1 Å². The number of aromatic nitrogens is 6. The second kappa shape index (κ2) is 8.41. The topological polar surface area (TPSA) is 86.4 Å². The van der Waals surface area contributed by atoms with Crippen LogP contribution in [0.1, 0.15) is 5.56 Å². The Morgan fingerprint density at radius 3 is 2.54 bits per heavy atom. The van der Waals surface area contributed by atoms with Gasteiger partial charge in [0.1, 0.15) is 11.3 Å². The van der Waals surface area contributed by atoms with Crippen molar-refractivity contribution in [1.82, 2.24) is 35.0 Å². The molecule has 0 fully saturated rings. The van der Waals surface area contributed by atoms with Crippen molar-refractivity contribution >= 4 is 22.1 Å². The van der Waals surface area contributed by atoms with Crippen molar-refractivity contribution in [2.24, 2.45) is 0 Å². The highest BCUT2D eigenvalue weighted by Crippen LogP contribution is 2.32. The van der Waals surface area contributed by atoms with Crippen molar-refractivity contribution in [2.75, 3.05) is 14.1 Å². The van der Waals surface area contributed by atoms with E-state index in [-0.39, 0.29) is 5.82 Å².